The van der Waals surface area contributed by atoms with Gasteiger partial charge in [-0.15, -0.1) is 0 Å². The number of hydrogen-bond donors (Lipinski definition) is 3. The third kappa shape index (κ3) is 3.51. The lowest BCUT2D eigenvalue weighted by Gasteiger charge is -2.10. The van der Waals surface area contributed by atoms with Gasteiger partial charge in [-0.05, 0) is 24.3 Å². The molecule has 4 N–H and O–H groups in total. The van der Waals surface area contributed by atoms with E-state index in [1.165, 1.54) is 24.3 Å². The molecule has 0 saturated heterocycles. The van der Waals surface area contributed by atoms with Crippen molar-refractivity contribution in [1.82, 2.24) is 0 Å². The zero-order chi connectivity index (χ0) is 17.9. The van der Waals surface area contributed by atoms with Crippen LogP contribution in [0.25, 0.3) is 0 Å². The first-order valence-electron chi connectivity index (χ1n) is 6.46. The van der Waals surface area contributed by atoms with Crippen LogP contribution in [0.15, 0.2) is 36.4 Å². The SMILES string of the molecule is NC(=O)c1ccccc1NC(=O)C(=O)Nc1ccc(F)c(F)c1F. The molecule has 0 spiro atoms. The summed E-state index contributed by atoms with van der Waals surface area (Å²) in [5.41, 5.74) is 4.34. The number of para-hydroxylation sites is 1. The lowest BCUT2D eigenvalue weighted by molar-refractivity contribution is -0.133. The number of anilines is 2. The van der Waals surface area contributed by atoms with E-state index in [-0.39, 0.29) is 11.3 Å². The Morgan fingerprint density at radius 1 is 0.792 bits per heavy atom. The van der Waals surface area contributed by atoms with Crippen molar-refractivity contribution >= 4 is 29.1 Å². The topological polar surface area (TPSA) is 101 Å². The van der Waals surface area contributed by atoms with Crippen molar-refractivity contribution in [2.45, 2.75) is 0 Å². The van der Waals surface area contributed by atoms with Gasteiger partial charge in [-0.2, -0.15) is 0 Å². The van der Waals surface area contributed by atoms with Crippen LogP contribution in [-0.2, 0) is 9.59 Å². The Balaban J connectivity index is 2.16. The van der Waals surface area contributed by atoms with Crippen LogP contribution < -0.4 is 16.4 Å². The quantitative estimate of drug-likeness (QED) is 0.588. The van der Waals surface area contributed by atoms with Gasteiger partial charge in [-0.25, -0.2) is 13.2 Å². The number of benzene rings is 2. The summed E-state index contributed by atoms with van der Waals surface area (Å²) in [6.45, 7) is 0. The molecule has 0 aliphatic rings. The molecule has 0 aliphatic carbocycles. The van der Waals surface area contributed by atoms with E-state index >= 15 is 0 Å². The number of primary amides is 1. The molecule has 0 radical (unpaired) electrons. The van der Waals surface area contributed by atoms with Crippen molar-refractivity contribution in [3.05, 3.63) is 59.4 Å². The van der Waals surface area contributed by atoms with Gasteiger partial charge in [-0.3, -0.25) is 14.4 Å². The van der Waals surface area contributed by atoms with Gasteiger partial charge in [0.25, 0.3) is 5.91 Å². The number of hydrogen-bond acceptors (Lipinski definition) is 3. The minimum atomic E-state index is -1.78. The van der Waals surface area contributed by atoms with Crippen molar-refractivity contribution in [3.8, 4) is 0 Å². The zero-order valence-corrected chi connectivity index (χ0v) is 11.9. The molecular formula is C15H10F3N3O3. The van der Waals surface area contributed by atoms with Crippen LogP contribution in [0, 0.1) is 17.5 Å². The van der Waals surface area contributed by atoms with Crippen molar-refractivity contribution in [2.75, 3.05) is 10.6 Å². The molecule has 9 heteroatoms. The van der Waals surface area contributed by atoms with Crippen molar-refractivity contribution in [3.63, 3.8) is 0 Å². The van der Waals surface area contributed by atoms with E-state index in [2.05, 4.69) is 5.32 Å². The van der Waals surface area contributed by atoms with Crippen molar-refractivity contribution in [2.24, 2.45) is 5.73 Å². The Labute approximate surface area is 133 Å². The van der Waals surface area contributed by atoms with E-state index in [0.29, 0.717) is 6.07 Å². The third-order valence-electron chi connectivity index (χ3n) is 2.93. The average molecular weight is 337 g/mol. The third-order valence-corrected chi connectivity index (χ3v) is 2.93. The van der Waals surface area contributed by atoms with E-state index in [1.807, 2.05) is 0 Å². The van der Waals surface area contributed by atoms with Crippen LogP contribution in [0.2, 0.25) is 0 Å². The van der Waals surface area contributed by atoms with Gasteiger partial charge in [0.2, 0.25) is 0 Å². The first-order valence-corrected chi connectivity index (χ1v) is 6.46. The van der Waals surface area contributed by atoms with E-state index in [0.717, 1.165) is 6.07 Å². The molecule has 2 rings (SSSR count). The van der Waals surface area contributed by atoms with E-state index in [1.54, 1.807) is 5.32 Å². The summed E-state index contributed by atoms with van der Waals surface area (Å²) in [4.78, 5) is 34.7. The second-order valence-corrected chi connectivity index (χ2v) is 4.54. The number of rotatable bonds is 3. The number of nitrogens with one attached hydrogen (secondary N) is 2. The molecule has 0 saturated carbocycles. The van der Waals surface area contributed by atoms with Gasteiger partial charge < -0.3 is 16.4 Å². The molecule has 2 aromatic carbocycles. The monoisotopic (exact) mass is 337 g/mol. The molecule has 3 amide bonds. The molecule has 0 fully saturated rings. The Morgan fingerprint density at radius 2 is 1.38 bits per heavy atom. The molecule has 0 aromatic heterocycles. The van der Waals surface area contributed by atoms with Gasteiger partial charge in [-0.1, -0.05) is 12.1 Å². The summed E-state index contributed by atoms with van der Waals surface area (Å²) >= 11 is 0. The van der Waals surface area contributed by atoms with Crippen LogP contribution in [0.3, 0.4) is 0 Å². The van der Waals surface area contributed by atoms with Crippen LogP contribution in [0.1, 0.15) is 10.4 Å². The van der Waals surface area contributed by atoms with Gasteiger partial charge in [0.15, 0.2) is 17.5 Å². The molecule has 24 heavy (non-hydrogen) atoms. The molecule has 0 aliphatic heterocycles. The molecular weight excluding hydrogens is 327 g/mol. The standard InChI is InChI=1S/C15H10F3N3O3/c16-8-5-6-10(12(18)11(8)17)21-15(24)14(23)20-9-4-2-1-3-7(9)13(19)22/h1-6H,(H2,19,22)(H,20,23)(H,21,24). The predicted octanol–water partition coefficient (Wildman–Crippen LogP) is 1.78. The molecule has 6 nitrogen and oxygen atoms in total. The molecule has 124 valence electrons. The maximum Gasteiger partial charge on any atom is 0.314 e. The van der Waals surface area contributed by atoms with E-state index < -0.39 is 40.9 Å². The number of nitrogens with two attached hydrogens (primary N) is 1. The Hall–Kier alpha value is -3.36. The van der Waals surface area contributed by atoms with Crippen LogP contribution in [0.5, 0.6) is 0 Å². The number of amides is 3. The second kappa shape index (κ2) is 6.82. The van der Waals surface area contributed by atoms with Gasteiger partial charge in [0.05, 0.1) is 16.9 Å². The van der Waals surface area contributed by atoms with Gasteiger partial charge in [0, 0.05) is 0 Å². The van der Waals surface area contributed by atoms with Crippen LogP contribution in [0.4, 0.5) is 24.5 Å². The van der Waals surface area contributed by atoms with E-state index in [4.69, 9.17) is 5.73 Å². The summed E-state index contributed by atoms with van der Waals surface area (Å²) in [5, 5.41) is 3.91. The summed E-state index contributed by atoms with van der Waals surface area (Å²) < 4.78 is 39.4. The minimum Gasteiger partial charge on any atom is -0.366 e. The Kier molecular flexibility index (Phi) is 4.83. The maximum absolute atomic E-state index is 13.5. The summed E-state index contributed by atoms with van der Waals surface area (Å²) in [6, 6.07) is 6.97. The maximum atomic E-state index is 13.5. The highest BCUT2D eigenvalue weighted by atomic mass is 19.2. The van der Waals surface area contributed by atoms with Crippen molar-refractivity contribution < 1.29 is 27.6 Å². The van der Waals surface area contributed by atoms with Crippen molar-refractivity contribution in [1.29, 1.82) is 0 Å². The average Bonchev–Trinajstić information content (AvgIpc) is 2.55. The van der Waals surface area contributed by atoms with Gasteiger partial charge >= 0.3 is 11.8 Å². The number of carbonyl (C=O) groups is 3. The first kappa shape index (κ1) is 17.0. The molecule has 0 bridgehead atoms. The number of halogens is 3. The largest absolute Gasteiger partial charge is 0.366 e. The van der Waals surface area contributed by atoms with Crippen LogP contribution in [-0.4, -0.2) is 17.7 Å². The highest BCUT2D eigenvalue weighted by Crippen LogP contribution is 2.20. The Bertz CT molecular complexity index is 840. The molecule has 0 heterocycles. The highest BCUT2D eigenvalue weighted by Gasteiger charge is 2.20. The first-order chi connectivity index (χ1) is 11.3. The fourth-order valence-corrected chi connectivity index (χ4v) is 1.79. The van der Waals surface area contributed by atoms with Crippen LogP contribution >= 0.6 is 0 Å². The Morgan fingerprint density at radius 3 is 2.00 bits per heavy atom. The van der Waals surface area contributed by atoms with E-state index in [9.17, 15) is 27.6 Å². The zero-order valence-electron chi connectivity index (χ0n) is 11.9. The lowest BCUT2D eigenvalue weighted by Crippen LogP contribution is -2.30. The normalized spacial score (nSPS) is 10.1. The molecule has 0 unspecified atom stereocenters. The summed E-state index contributed by atoms with van der Waals surface area (Å²) in [5.74, 6) is -8.31. The fourth-order valence-electron chi connectivity index (χ4n) is 1.79. The molecule has 0 atom stereocenters. The minimum absolute atomic E-state index is 0.0316. The summed E-state index contributed by atoms with van der Waals surface area (Å²) in [7, 11) is 0. The molecule has 2 aromatic rings. The number of carbonyl (C=O) groups excluding carboxylic acids is 3. The predicted molar refractivity (Wildman–Crippen MR) is 78.5 cm³/mol. The van der Waals surface area contributed by atoms with Gasteiger partial charge in [0.1, 0.15) is 0 Å². The highest BCUT2D eigenvalue weighted by molar-refractivity contribution is 6.44. The second-order valence-electron chi connectivity index (χ2n) is 4.54. The summed E-state index contributed by atoms with van der Waals surface area (Å²) in [6.07, 6.45) is 0. The smallest absolute Gasteiger partial charge is 0.314 e. The lowest BCUT2D eigenvalue weighted by atomic mass is 10.1. The fraction of sp³-hybridized carbons (Fsp3) is 0.